The highest BCUT2D eigenvalue weighted by molar-refractivity contribution is 7.92. The molecule has 0 radical (unpaired) electrons. The van der Waals surface area contributed by atoms with Crippen molar-refractivity contribution >= 4 is 15.9 Å². The van der Waals surface area contributed by atoms with Gasteiger partial charge in [-0.05, 0) is 30.1 Å². The molecule has 0 amide bonds. The molecule has 0 fully saturated rings. The van der Waals surface area contributed by atoms with E-state index in [2.05, 4.69) is 0 Å². The van der Waals surface area contributed by atoms with Crippen LogP contribution >= 0.6 is 0 Å². The Bertz CT molecular complexity index is 747. The molecule has 4 nitrogen and oxygen atoms in total. The third-order valence-corrected chi connectivity index (χ3v) is 6.12. The molecular formula is C21H28O4S. The van der Waals surface area contributed by atoms with Crippen molar-refractivity contribution in [1.82, 2.24) is 0 Å². The van der Waals surface area contributed by atoms with Crippen LogP contribution in [0.3, 0.4) is 0 Å². The fourth-order valence-corrected chi connectivity index (χ4v) is 3.80. The molecule has 1 aromatic carbocycles. The molecule has 26 heavy (non-hydrogen) atoms. The molecule has 0 saturated carbocycles. The zero-order valence-electron chi connectivity index (χ0n) is 15.3. The summed E-state index contributed by atoms with van der Waals surface area (Å²) in [5.41, 5.74) is 2.07. The molecule has 1 unspecified atom stereocenters. The summed E-state index contributed by atoms with van der Waals surface area (Å²) < 4.78 is 30.4. The van der Waals surface area contributed by atoms with Crippen molar-refractivity contribution in [3.8, 4) is 0 Å². The van der Waals surface area contributed by atoms with E-state index in [1.165, 1.54) is 6.26 Å². The predicted molar refractivity (Wildman–Crippen MR) is 106 cm³/mol. The van der Waals surface area contributed by atoms with Crippen molar-refractivity contribution in [3.63, 3.8) is 0 Å². The fraction of sp³-hybridized carbons (Fsp3) is 0.429. The van der Waals surface area contributed by atoms with Crippen LogP contribution in [-0.2, 0) is 14.6 Å². The first kappa shape index (κ1) is 20.6. The van der Waals surface area contributed by atoms with E-state index in [1.54, 1.807) is 6.08 Å². The second-order valence-electron chi connectivity index (χ2n) is 6.56. The summed E-state index contributed by atoms with van der Waals surface area (Å²) in [4.78, 5) is -1.27. The first-order valence-electron chi connectivity index (χ1n) is 9.04. The van der Waals surface area contributed by atoms with E-state index in [-0.39, 0.29) is 6.61 Å². The first-order chi connectivity index (χ1) is 12.5. The summed E-state index contributed by atoms with van der Waals surface area (Å²) in [7, 11) is -3.39. The highest BCUT2D eigenvalue weighted by atomic mass is 32.2. The molecule has 142 valence electrons. The third kappa shape index (κ3) is 5.94. The van der Waals surface area contributed by atoms with Crippen LogP contribution in [0.2, 0.25) is 0 Å². The zero-order chi connectivity index (χ0) is 18.9. The number of hydrogen-bond donors (Lipinski definition) is 1. The largest absolute Gasteiger partial charge is 0.396 e. The summed E-state index contributed by atoms with van der Waals surface area (Å²) in [6.45, 7) is 0.590. The minimum Gasteiger partial charge on any atom is -0.396 e. The molecule has 0 saturated heterocycles. The standard InChI is InChI=1S/C21H28O4S/c1-26(23,24)21(25-18-8-3-2-7-17-22)15-13-20(14-16-21)12-11-19-9-5-4-6-10-19/h4-6,9-15,22H,2-3,7-8,16-18H2,1H3. The Morgan fingerprint density at radius 3 is 2.46 bits per heavy atom. The molecule has 1 aliphatic carbocycles. The molecule has 5 heteroatoms. The Morgan fingerprint density at radius 2 is 1.85 bits per heavy atom. The number of rotatable bonds is 10. The van der Waals surface area contributed by atoms with Crippen LogP contribution in [0, 0.1) is 0 Å². The number of allylic oxidation sites excluding steroid dienone is 3. The van der Waals surface area contributed by atoms with E-state index < -0.39 is 14.8 Å². The van der Waals surface area contributed by atoms with Gasteiger partial charge < -0.3 is 9.84 Å². The summed E-state index contributed by atoms with van der Waals surface area (Å²) >= 11 is 0. The topological polar surface area (TPSA) is 63.6 Å². The Labute approximate surface area is 156 Å². The Balaban J connectivity index is 1.97. The summed E-state index contributed by atoms with van der Waals surface area (Å²) in [5.74, 6) is 0. The second-order valence-corrected chi connectivity index (χ2v) is 8.79. The molecule has 2 rings (SSSR count). The molecule has 1 N–H and O–H groups in total. The average Bonchev–Trinajstić information content (AvgIpc) is 2.64. The molecule has 0 aliphatic heterocycles. The number of aliphatic hydroxyl groups is 1. The Morgan fingerprint density at radius 1 is 1.12 bits per heavy atom. The minimum atomic E-state index is -3.39. The lowest BCUT2D eigenvalue weighted by Gasteiger charge is -2.30. The summed E-state index contributed by atoms with van der Waals surface area (Å²) in [6, 6.07) is 9.97. The van der Waals surface area contributed by atoms with Crippen molar-refractivity contribution < 1.29 is 18.3 Å². The van der Waals surface area contributed by atoms with Crippen LogP contribution in [0.15, 0.2) is 60.2 Å². The van der Waals surface area contributed by atoms with Gasteiger partial charge in [-0.25, -0.2) is 8.42 Å². The molecular weight excluding hydrogens is 348 g/mol. The van der Waals surface area contributed by atoms with E-state index in [1.807, 2.05) is 54.6 Å². The number of benzene rings is 1. The van der Waals surface area contributed by atoms with Gasteiger partial charge in [0.25, 0.3) is 0 Å². The molecule has 0 bridgehead atoms. The fourth-order valence-electron chi connectivity index (χ4n) is 2.80. The smallest absolute Gasteiger partial charge is 0.190 e. The van der Waals surface area contributed by atoms with Gasteiger partial charge in [-0.3, -0.25) is 0 Å². The highest BCUT2D eigenvalue weighted by Crippen LogP contribution is 2.31. The predicted octanol–water partition coefficient (Wildman–Crippen LogP) is 3.90. The van der Waals surface area contributed by atoms with Crippen LogP contribution in [-0.4, -0.2) is 37.9 Å². The second kappa shape index (κ2) is 9.86. The molecule has 0 aromatic heterocycles. The maximum absolute atomic E-state index is 12.3. The van der Waals surface area contributed by atoms with Gasteiger partial charge in [0, 0.05) is 25.9 Å². The number of ether oxygens (including phenoxy) is 1. The summed E-state index contributed by atoms with van der Waals surface area (Å²) in [6.07, 6.45) is 14.3. The monoisotopic (exact) mass is 376 g/mol. The van der Waals surface area contributed by atoms with E-state index in [0.29, 0.717) is 13.0 Å². The summed E-state index contributed by atoms with van der Waals surface area (Å²) in [5, 5.41) is 8.78. The lowest BCUT2D eigenvalue weighted by Crippen LogP contribution is -2.40. The van der Waals surface area contributed by atoms with Gasteiger partial charge in [-0.2, -0.15) is 0 Å². The number of sulfone groups is 1. The van der Waals surface area contributed by atoms with Crippen molar-refractivity contribution in [2.45, 2.75) is 37.0 Å². The highest BCUT2D eigenvalue weighted by Gasteiger charge is 2.39. The Kier molecular flexibility index (Phi) is 7.82. The van der Waals surface area contributed by atoms with Crippen LogP contribution in [0.5, 0.6) is 0 Å². The van der Waals surface area contributed by atoms with Gasteiger partial charge in [-0.1, -0.05) is 67.5 Å². The van der Waals surface area contributed by atoms with Crippen molar-refractivity contribution in [2.24, 2.45) is 0 Å². The molecule has 1 aliphatic rings. The van der Waals surface area contributed by atoms with Gasteiger partial charge in [0.2, 0.25) is 0 Å². The van der Waals surface area contributed by atoms with Gasteiger partial charge in [0.1, 0.15) is 0 Å². The van der Waals surface area contributed by atoms with Crippen LogP contribution < -0.4 is 0 Å². The zero-order valence-corrected chi connectivity index (χ0v) is 16.1. The molecule has 1 aromatic rings. The lowest BCUT2D eigenvalue weighted by atomic mass is 10.0. The molecule has 1 atom stereocenters. The SMILES string of the molecule is CS(=O)(=O)C1(OCCCCCCO)C=CC(C=Cc2ccccc2)=CC1. The average molecular weight is 377 g/mol. The van der Waals surface area contributed by atoms with Gasteiger partial charge in [0.15, 0.2) is 14.8 Å². The van der Waals surface area contributed by atoms with Crippen LogP contribution in [0.25, 0.3) is 6.08 Å². The van der Waals surface area contributed by atoms with Crippen molar-refractivity contribution in [3.05, 3.63) is 65.8 Å². The Hall–Kier alpha value is -1.69. The molecule has 0 heterocycles. The van der Waals surface area contributed by atoms with E-state index in [0.717, 1.165) is 36.8 Å². The van der Waals surface area contributed by atoms with Crippen LogP contribution in [0.1, 0.15) is 37.7 Å². The lowest BCUT2D eigenvalue weighted by molar-refractivity contribution is 0.0503. The first-order valence-corrected chi connectivity index (χ1v) is 10.9. The normalized spacial score (nSPS) is 20.5. The number of hydrogen-bond acceptors (Lipinski definition) is 4. The van der Waals surface area contributed by atoms with E-state index in [4.69, 9.17) is 9.84 Å². The quantitative estimate of drug-likeness (QED) is 0.629. The maximum Gasteiger partial charge on any atom is 0.190 e. The van der Waals surface area contributed by atoms with Crippen molar-refractivity contribution in [2.75, 3.05) is 19.5 Å². The van der Waals surface area contributed by atoms with E-state index >= 15 is 0 Å². The number of aliphatic hydroxyl groups excluding tert-OH is 1. The molecule has 0 spiro atoms. The maximum atomic E-state index is 12.3. The minimum absolute atomic E-state index is 0.195. The van der Waals surface area contributed by atoms with Crippen LogP contribution in [0.4, 0.5) is 0 Å². The van der Waals surface area contributed by atoms with Gasteiger partial charge >= 0.3 is 0 Å². The van der Waals surface area contributed by atoms with Gasteiger partial charge in [-0.15, -0.1) is 0 Å². The number of unbranched alkanes of at least 4 members (excludes halogenated alkanes) is 3. The van der Waals surface area contributed by atoms with E-state index in [9.17, 15) is 8.42 Å². The van der Waals surface area contributed by atoms with Gasteiger partial charge in [0.05, 0.1) is 0 Å². The third-order valence-electron chi connectivity index (χ3n) is 4.45. The van der Waals surface area contributed by atoms with Crippen molar-refractivity contribution in [1.29, 1.82) is 0 Å².